The monoisotopic (exact) mass is 511 g/mol. The Morgan fingerprint density at radius 2 is 2.23 bits per heavy atom. The summed E-state index contributed by atoms with van der Waals surface area (Å²) in [5.41, 5.74) is 1.44. The van der Waals surface area contributed by atoms with E-state index in [9.17, 15) is 4.79 Å². The molecule has 1 amide bonds. The molecule has 0 bridgehead atoms. The van der Waals surface area contributed by atoms with Crippen LogP contribution in [0.15, 0.2) is 47.1 Å². The van der Waals surface area contributed by atoms with Gasteiger partial charge in [0.25, 0.3) is 0 Å². The Bertz CT molecular complexity index is 1020. The summed E-state index contributed by atoms with van der Waals surface area (Å²) in [7, 11) is 1.75. The van der Waals surface area contributed by atoms with Crippen LogP contribution in [-0.2, 0) is 7.05 Å². The van der Waals surface area contributed by atoms with Crippen molar-refractivity contribution in [3.05, 3.63) is 48.3 Å². The molecule has 2 radical (unpaired) electrons. The molecule has 2 aromatic rings. The van der Waals surface area contributed by atoms with Gasteiger partial charge in [-0.2, -0.15) is 0 Å². The summed E-state index contributed by atoms with van der Waals surface area (Å²) in [6.07, 6.45) is 12.0. The van der Waals surface area contributed by atoms with E-state index >= 15 is 0 Å². The Morgan fingerprint density at radius 1 is 1.40 bits per heavy atom. The first kappa shape index (κ1) is 20.8. The number of dihydropyridines is 1. The van der Waals surface area contributed by atoms with Gasteiger partial charge < -0.3 is 0 Å². The number of aromatic nitrogens is 4. The molecule has 0 saturated carbocycles. The maximum atomic E-state index is 13.1. The molecule has 2 aromatic heterocycles. The number of nitrogens with one attached hydrogen (secondary N) is 1. The van der Waals surface area contributed by atoms with Crippen LogP contribution in [0, 0.1) is 0 Å². The van der Waals surface area contributed by atoms with E-state index in [4.69, 9.17) is 5.10 Å². The number of carbonyl (C=O) groups is 1. The number of aryl methyl sites for hydroxylation is 1. The van der Waals surface area contributed by atoms with Crippen LogP contribution in [0.1, 0.15) is 41.2 Å². The Morgan fingerprint density at radius 3 is 2.97 bits per heavy atom. The Labute approximate surface area is 186 Å². The molecule has 8 nitrogen and oxygen atoms in total. The van der Waals surface area contributed by atoms with E-state index in [1.807, 2.05) is 12.1 Å². The summed E-state index contributed by atoms with van der Waals surface area (Å²) in [4.78, 5) is 22.0. The minimum absolute atomic E-state index is 0.143. The van der Waals surface area contributed by atoms with Crippen LogP contribution in [-0.4, -0.2) is 65.2 Å². The second kappa shape index (κ2) is 9.55. The summed E-state index contributed by atoms with van der Waals surface area (Å²) in [6.45, 7) is 4.36. The fraction of sp³-hybridized carbons (Fsp3) is 0.381. The molecule has 1 saturated heterocycles. The molecule has 1 N–H and O–H groups in total. The van der Waals surface area contributed by atoms with Crippen LogP contribution in [0.2, 0.25) is 8.87 Å². The topological polar surface area (TPSA) is 89.5 Å². The van der Waals surface area contributed by atoms with Crippen molar-refractivity contribution in [1.29, 1.82) is 0 Å². The van der Waals surface area contributed by atoms with Crippen molar-refractivity contribution in [2.24, 2.45) is 17.0 Å². The number of aliphatic imine (C=N–C) groups is 2. The van der Waals surface area contributed by atoms with Crippen molar-refractivity contribution in [3.8, 4) is 0 Å². The van der Waals surface area contributed by atoms with E-state index < -0.39 is 0 Å². The SMILES string of the molecule is C=C/C=N\c1c(C(=O)Nc2cc(C3C[CH2][Sn][CH2]C3)nn2C2=NCCC=C2)cnn1C. The number of allylic oxidation sites excluding steroid dienone is 2. The van der Waals surface area contributed by atoms with Crippen LogP contribution < -0.4 is 5.32 Å². The van der Waals surface area contributed by atoms with Gasteiger partial charge in [0.1, 0.15) is 0 Å². The molecule has 2 aliphatic heterocycles. The van der Waals surface area contributed by atoms with E-state index in [-0.39, 0.29) is 27.0 Å². The van der Waals surface area contributed by atoms with Crippen LogP contribution in [0.25, 0.3) is 0 Å². The molecule has 154 valence electrons. The van der Waals surface area contributed by atoms with Gasteiger partial charge in [0.2, 0.25) is 0 Å². The molecule has 0 atom stereocenters. The van der Waals surface area contributed by atoms with Crippen molar-refractivity contribution >= 4 is 50.7 Å². The Kier molecular flexibility index (Phi) is 6.61. The molecular weight excluding hydrogens is 485 g/mol. The fourth-order valence-corrected chi connectivity index (χ4v) is 7.53. The first-order chi connectivity index (χ1) is 14.7. The molecule has 4 heterocycles. The average Bonchev–Trinajstić information content (AvgIpc) is 3.37. The minimum atomic E-state index is -0.273. The van der Waals surface area contributed by atoms with Gasteiger partial charge in [-0.25, -0.2) is 0 Å². The first-order valence-corrected chi connectivity index (χ1v) is 14.2. The van der Waals surface area contributed by atoms with Gasteiger partial charge in [-0.1, -0.05) is 12.7 Å². The van der Waals surface area contributed by atoms with Crippen molar-refractivity contribution in [2.45, 2.75) is 34.1 Å². The molecule has 0 aromatic carbocycles. The quantitative estimate of drug-likeness (QED) is 0.495. The number of amides is 1. The summed E-state index contributed by atoms with van der Waals surface area (Å²) in [6, 6.07) is 2.01. The normalized spacial score (nSPS) is 17.3. The maximum absolute atomic E-state index is 13.1. The number of nitrogens with zero attached hydrogens (tertiary/aromatic N) is 6. The predicted molar refractivity (Wildman–Crippen MR) is 121 cm³/mol. The zero-order chi connectivity index (χ0) is 20.9. The molecule has 0 unspecified atom stereocenters. The van der Waals surface area contributed by atoms with Crippen LogP contribution >= 0.6 is 0 Å². The van der Waals surface area contributed by atoms with E-state index in [0.29, 0.717) is 23.1 Å². The number of hydrogen-bond acceptors (Lipinski definition) is 5. The van der Waals surface area contributed by atoms with Crippen molar-refractivity contribution < 1.29 is 4.79 Å². The zero-order valence-electron chi connectivity index (χ0n) is 17.1. The summed E-state index contributed by atoms with van der Waals surface area (Å²) in [5, 5.41) is 12.1. The van der Waals surface area contributed by atoms with Crippen LogP contribution in [0.5, 0.6) is 0 Å². The number of rotatable bonds is 5. The molecule has 0 spiro atoms. The van der Waals surface area contributed by atoms with E-state index in [2.05, 4.69) is 33.1 Å². The third-order valence-electron chi connectivity index (χ3n) is 5.24. The molecule has 30 heavy (non-hydrogen) atoms. The average molecular weight is 510 g/mol. The van der Waals surface area contributed by atoms with Gasteiger partial charge in [-0.05, 0) is 0 Å². The third kappa shape index (κ3) is 4.48. The Hall–Kier alpha value is -2.49. The first-order valence-electron chi connectivity index (χ1n) is 10.2. The zero-order valence-corrected chi connectivity index (χ0v) is 19.9. The summed E-state index contributed by atoms with van der Waals surface area (Å²) < 4.78 is 6.12. The molecule has 0 aliphatic carbocycles. The van der Waals surface area contributed by atoms with Crippen LogP contribution in [0.3, 0.4) is 0 Å². The molecule has 1 fully saturated rings. The van der Waals surface area contributed by atoms with Crippen LogP contribution in [0.4, 0.5) is 11.6 Å². The summed E-state index contributed by atoms with van der Waals surface area (Å²) >= 11 is -0.143. The number of anilines is 1. The number of carbonyl (C=O) groups excluding carboxylic acids is 1. The van der Waals surface area contributed by atoms with E-state index in [1.165, 1.54) is 27.9 Å². The molecule has 9 heteroatoms. The van der Waals surface area contributed by atoms with Gasteiger partial charge in [-0.3, -0.25) is 0 Å². The van der Waals surface area contributed by atoms with Crippen molar-refractivity contribution in [3.63, 3.8) is 0 Å². The summed E-state index contributed by atoms with van der Waals surface area (Å²) in [5.74, 6) is 2.06. The third-order valence-corrected chi connectivity index (χ3v) is 8.90. The molecule has 2 aliphatic rings. The van der Waals surface area contributed by atoms with Gasteiger partial charge in [-0.15, -0.1) is 0 Å². The second-order valence-corrected chi connectivity index (χ2v) is 11.6. The van der Waals surface area contributed by atoms with Gasteiger partial charge in [0, 0.05) is 0 Å². The number of hydrogen-bond donors (Lipinski definition) is 1. The van der Waals surface area contributed by atoms with Gasteiger partial charge in [0.05, 0.1) is 0 Å². The predicted octanol–water partition coefficient (Wildman–Crippen LogP) is 3.38. The molecular formula is C21H25N7OSn. The van der Waals surface area contributed by atoms with Crippen molar-refractivity contribution in [2.75, 3.05) is 11.9 Å². The second-order valence-electron chi connectivity index (χ2n) is 7.29. The van der Waals surface area contributed by atoms with Gasteiger partial charge in [0.15, 0.2) is 0 Å². The van der Waals surface area contributed by atoms with Crippen molar-refractivity contribution in [1.82, 2.24) is 19.6 Å². The van der Waals surface area contributed by atoms with E-state index in [1.54, 1.807) is 28.7 Å². The fourth-order valence-electron chi connectivity index (χ4n) is 3.66. The molecule has 4 rings (SSSR count). The van der Waals surface area contributed by atoms with Gasteiger partial charge >= 0.3 is 174 Å². The Balaban J connectivity index is 1.66. The van der Waals surface area contributed by atoms with E-state index in [0.717, 1.165) is 24.5 Å². The standard InChI is InChI=1S/C21H25N7O.Sn/c1-5-11-23-20-16(14-24-27(20)4)21(29)25-19-13-17(15(6-2)7-3)26-28(19)18-10-8-9-12-22-18;/h5,8,10-11,13-15H,1-3,6-7,9,12H2,4H3,(H,25,29);/b23-11-;.